The minimum absolute atomic E-state index is 0.224. The molecule has 0 radical (unpaired) electrons. The topological polar surface area (TPSA) is 103 Å². The fourth-order valence-corrected chi connectivity index (χ4v) is 3.12. The van der Waals surface area contributed by atoms with Crippen LogP contribution in [0.5, 0.6) is 0 Å². The summed E-state index contributed by atoms with van der Waals surface area (Å²) in [7, 11) is 1.83. The third-order valence-corrected chi connectivity index (χ3v) is 4.51. The number of nitrogens with zero attached hydrogens (tertiary/aromatic N) is 6. The molecule has 28 heavy (non-hydrogen) atoms. The van der Waals surface area contributed by atoms with Crippen LogP contribution in [0, 0.1) is 5.92 Å². The van der Waals surface area contributed by atoms with Crippen molar-refractivity contribution in [1.29, 1.82) is 0 Å². The highest BCUT2D eigenvalue weighted by molar-refractivity contribution is 5.90. The van der Waals surface area contributed by atoms with Gasteiger partial charge in [-0.05, 0) is 36.5 Å². The predicted molar refractivity (Wildman–Crippen MR) is 106 cm³/mol. The van der Waals surface area contributed by atoms with E-state index in [-0.39, 0.29) is 12.1 Å². The Morgan fingerprint density at radius 1 is 1.21 bits per heavy atom. The maximum Gasteiger partial charge on any atom is 0.319 e. The lowest BCUT2D eigenvalue weighted by molar-refractivity contribution is 0.245. The number of aromatic nitrogens is 6. The third kappa shape index (κ3) is 4.54. The normalized spacial score (nSPS) is 12.2. The SMILES string of the molecule is CCc1ccc(-n2cnnc2)cc1NC(=O)NC(CC(C)C)c1ncnn1C. The Balaban J connectivity index is 1.79. The van der Waals surface area contributed by atoms with Crippen LogP contribution in [0.15, 0.2) is 37.2 Å². The summed E-state index contributed by atoms with van der Waals surface area (Å²) in [6.45, 7) is 6.28. The molecule has 0 aliphatic rings. The molecule has 1 atom stereocenters. The Kier molecular flexibility index (Phi) is 6.03. The molecule has 148 valence electrons. The minimum atomic E-state index is -0.274. The second-order valence-corrected chi connectivity index (χ2v) is 7.09. The van der Waals surface area contributed by atoms with Crippen molar-refractivity contribution in [2.24, 2.45) is 13.0 Å². The van der Waals surface area contributed by atoms with E-state index in [9.17, 15) is 4.79 Å². The first-order chi connectivity index (χ1) is 13.5. The fraction of sp³-hybridized carbons (Fsp3) is 0.421. The first kappa shape index (κ1) is 19.5. The van der Waals surface area contributed by atoms with Gasteiger partial charge in [-0.25, -0.2) is 9.78 Å². The van der Waals surface area contributed by atoms with Crippen LogP contribution in [0.1, 0.15) is 44.6 Å². The van der Waals surface area contributed by atoms with Crippen LogP contribution in [0.2, 0.25) is 0 Å². The van der Waals surface area contributed by atoms with Crippen LogP contribution in [0.3, 0.4) is 0 Å². The number of amides is 2. The Morgan fingerprint density at radius 2 is 1.96 bits per heavy atom. The lowest BCUT2D eigenvalue weighted by Gasteiger charge is -2.21. The summed E-state index contributed by atoms with van der Waals surface area (Å²) in [4.78, 5) is 17.1. The summed E-state index contributed by atoms with van der Waals surface area (Å²) in [6.07, 6.45) is 6.31. The second kappa shape index (κ2) is 8.64. The van der Waals surface area contributed by atoms with Crippen molar-refractivity contribution < 1.29 is 4.79 Å². The lowest BCUT2D eigenvalue weighted by Crippen LogP contribution is -2.35. The number of hydrogen-bond donors (Lipinski definition) is 2. The highest BCUT2D eigenvalue weighted by Gasteiger charge is 2.21. The molecule has 2 amide bonds. The Bertz CT molecular complexity index is 916. The maximum atomic E-state index is 12.8. The molecule has 9 nitrogen and oxygen atoms in total. The predicted octanol–water partition coefficient (Wildman–Crippen LogP) is 2.87. The summed E-state index contributed by atoms with van der Waals surface area (Å²) in [5.41, 5.74) is 2.68. The van der Waals surface area contributed by atoms with Gasteiger partial charge in [-0.3, -0.25) is 9.25 Å². The molecule has 0 aliphatic heterocycles. The molecule has 3 rings (SSSR count). The number of benzene rings is 1. The molecule has 0 bridgehead atoms. The van der Waals surface area contributed by atoms with Crippen LogP contribution >= 0.6 is 0 Å². The summed E-state index contributed by atoms with van der Waals surface area (Å²) in [6, 6.07) is 5.40. The van der Waals surface area contributed by atoms with E-state index in [0.29, 0.717) is 5.92 Å². The smallest absolute Gasteiger partial charge is 0.319 e. The molecule has 0 saturated heterocycles. The average Bonchev–Trinajstić information content (AvgIpc) is 3.32. The summed E-state index contributed by atoms with van der Waals surface area (Å²) >= 11 is 0. The van der Waals surface area contributed by atoms with Gasteiger partial charge in [-0.2, -0.15) is 5.10 Å². The summed E-state index contributed by atoms with van der Waals surface area (Å²) < 4.78 is 3.49. The number of carbonyl (C=O) groups is 1. The second-order valence-electron chi connectivity index (χ2n) is 7.09. The van der Waals surface area contributed by atoms with Gasteiger partial charge in [0.15, 0.2) is 0 Å². The first-order valence-corrected chi connectivity index (χ1v) is 9.37. The first-order valence-electron chi connectivity index (χ1n) is 9.37. The van der Waals surface area contributed by atoms with Gasteiger partial charge in [-0.1, -0.05) is 26.8 Å². The number of urea groups is 1. The van der Waals surface area contributed by atoms with Crippen molar-refractivity contribution in [2.75, 3.05) is 5.32 Å². The Labute approximate surface area is 164 Å². The molecule has 3 aromatic rings. The van der Waals surface area contributed by atoms with Gasteiger partial charge >= 0.3 is 6.03 Å². The molecule has 1 unspecified atom stereocenters. The van der Waals surface area contributed by atoms with Crippen molar-refractivity contribution in [2.45, 2.75) is 39.7 Å². The van der Waals surface area contributed by atoms with Gasteiger partial charge < -0.3 is 10.6 Å². The molecular formula is C19H26N8O. The van der Waals surface area contributed by atoms with Crippen LogP contribution in [-0.2, 0) is 13.5 Å². The Hall–Kier alpha value is -3.23. The number of nitrogens with one attached hydrogen (secondary N) is 2. The molecule has 2 aromatic heterocycles. The van der Waals surface area contributed by atoms with E-state index in [0.717, 1.165) is 35.6 Å². The third-order valence-electron chi connectivity index (χ3n) is 4.51. The molecule has 9 heteroatoms. The number of hydrogen-bond acceptors (Lipinski definition) is 5. The van der Waals surface area contributed by atoms with Gasteiger partial charge in [0.2, 0.25) is 0 Å². The van der Waals surface area contributed by atoms with Crippen LogP contribution in [0.25, 0.3) is 5.69 Å². The van der Waals surface area contributed by atoms with Crippen molar-refractivity contribution in [3.8, 4) is 5.69 Å². The van der Waals surface area contributed by atoms with E-state index < -0.39 is 0 Å². The van der Waals surface area contributed by atoms with Crippen molar-refractivity contribution in [3.05, 3.63) is 48.6 Å². The van der Waals surface area contributed by atoms with E-state index in [4.69, 9.17) is 0 Å². The van der Waals surface area contributed by atoms with Gasteiger partial charge in [0.05, 0.1) is 11.7 Å². The van der Waals surface area contributed by atoms with E-state index in [1.54, 1.807) is 21.9 Å². The van der Waals surface area contributed by atoms with E-state index in [1.807, 2.05) is 25.2 Å². The molecular weight excluding hydrogens is 356 g/mol. The number of aryl methyl sites for hydroxylation is 2. The van der Waals surface area contributed by atoms with Crippen molar-refractivity contribution in [1.82, 2.24) is 34.8 Å². The van der Waals surface area contributed by atoms with Crippen LogP contribution < -0.4 is 10.6 Å². The zero-order chi connectivity index (χ0) is 20.1. The van der Waals surface area contributed by atoms with Crippen LogP contribution in [-0.4, -0.2) is 35.6 Å². The molecule has 2 heterocycles. The standard InChI is InChI=1S/C19H26N8O/c1-5-14-6-7-15(27-11-21-22-12-27)9-16(14)24-19(28)25-17(8-13(2)3)18-20-10-23-26(18)4/h6-7,9-13,17H,5,8H2,1-4H3,(H2,24,25,28). The van der Waals surface area contributed by atoms with E-state index in [2.05, 4.69) is 51.7 Å². The molecule has 0 saturated carbocycles. The number of rotatable bonds is 7. The highest BCUT2D eigenvalue weighted by atomic mass is 16.2. The van der Waals surface area contributed by atoms with E-state index >= 15 is 0 Å². The summed E-state index contributed by atoms with van der Waals surface area (Å²) in [5, 5.41) is 17.8. The van der Waals surface area contributed by atoms with E-state index in [1.165, 1.54) is 6.33 Å². The van der Waals surface area contributed by atoms with Gasteiger partial charge in [0, 0.05) is 12.7 Å². The van der Waals surface area contributed by atoms with Crippen LogP contribution in [0.4, 0.5) is 10.5 Å². The quantitative estimate of drug-likeness (QED) is 0.654. The maximum absolute atomic E-state index is 12.8. The van der Waals surface area contributed by atoms with Gasteiger partial charge in [-0.15, -0.1) is 10.2 Å². The fourth-order valence-electron chi connectivity index (χ4n) is 3.12. The zero-order valence-corrected chi connectivity index (χ0v) is 16.6. The largest absolute Gasteiger partial charge is 0.328 e. The molecule has 0 fully saturated rings. The number of carbonyl (C=O) groups excluding carboxylic acids is 1. The van der Waals surface area contributed by atoms with Crippen molar-refractivity contribution >= 4 is 11.7 Å². The molecule has 1 aromatic carbocycles. The lowest BCUT2D eigenvalue weighted by atomic mass is 10.0. The average molecular weight is 382 g/mol. The monoisotopic (exact) mass is 382 g/mol. The zero-order valence-electron chi connectivity index (χ0n) is 16.6. The minimum Gasteiger partial charge on any atom is -0.328 e. The number of anilines is 1. The molecule has 0 spiro atoms. The molecule has 0 aliphatic carbocycles. The van der Waals surface area contributed by atoms with Gasteiger partial charge in [0.25, 0.3) is 0 Å². The Morgan fingerprint density at radius 3 is 2.57 bits per heavy atom. The van der Waals surface area contributed by atoms with Crippen molar-refractivity contribution in [3.63, 3.8) is 0 Å². The highest BCUT2D eigenvalue weighted by Crippen LogP contribution is 2.22. The van der Waals surface area contributed by atoms with Gasteiger partial charge in [0.1, 0.15) is 24.8 Å². The molecule has 2 N–H and O–H groups in total. The summed E-state index contributed by atoms with van der Waals surface area (Å²) in [5.74, 6) is 1.13.